The summed E-state index contributed by atoms with van der Waals surface area (Å²) in [5.41, 5.74) is 1.12. The van der Waals surface area contributed by atoms with E-state index in [4.69, 9.17) is 0 Å². The van der Waals surface area contributed by atoms with Gasteiger partial charge in [0, 0.05) is 23.4 Å². The SMILES string of the molecule is CC(Sc1ncnc2sc(-c3ccccc3)cc12)C(=O)N(C)C1CCS(=O)(=O)C1. The number of carbonyl (C=O) groups is 1. The van der Waals surface area contributed by atoms with Crippen LogP contribution < -0.4 is 0 Å². The zero-order valence-electron chi connectivity index (χ0n) is 16.1. The van der Waals surface area contributed by atoms with E-state index in [1.54, 1.807) is 23.3 Å². The van der Waals surface area contributed by atoms with Gasteiger partial charge in [-0.25, -0.2) is 18.4 Å². The van der Waals surface area contributed by atoms with Crippen molar-refractivity contribution in [1.82, 2.24) is 14.9 Å². The summed E-state index contributed by atoms with van der Waals surface area (Å²) in [6, 6.07) is 11.9. The van der Waals surface area contributed by atoms with Crippen LogP contribution in [-0.4, -0.2) is 59.0 Å². The summed E-state index contributed by atoms with van der Waals surface area (Å²) in [6.45, 7) is 1.84. The summed E-state index contributed by atoms with van der Waals surface area (Å²) in [4.78, 5) is 25.3. The van der Waals surface area contributed by atoms with Crippen molar-refractivity contribution in [3.8, 4) is 10.4 Å². The highest BCUT2D eigenvalue weighted by Crippen LogP contribution is 2.37. The number of hydrogen-bond acceptors (Lipinski definition) is 7. The van der Waals surface area contributed by atoms with Crippen LogP contribution in [0.4, 0.5) is 0 Å². The maximum atomic E-state index is 12.9. The summed E-state index contributed by atoms with van der Waals surface area (Å²) >= 11 is 2.99. The average molecular weight is 448 g/mol. The van der Waals surface area contributed by atoms with Crippen molar-refractivity contribution in [3.05, 3.63) is 42.7 Å². The minimum Gasteiger partial charge on any atom is -0.341 e. The topological polar surface area (TPSA) is 80.2 Å². The molecule has 0 spiro atoms. The molecule has 0 saturated carbocycles. The molecule has 29 heavy (non-hydrogen) atoms. The summed E-state index contributed by atoms with van der Waals surface area (Å²) in [5, 5.41) is 1.33. The van der Waals surface area contributed by atoms with E-state index in [-0.39, 0.29) is 28.7 Å². The molecule has 152 valence electrons. The van der Waals surface area contributed by atoms with Gasteiger partial charge in [-0.05, 0) is 25.0 Å². The Hall–Kier alpha value is -1.97. The molecule has 0 aliphatic carbocycles. The van der Waals surface area contributed by atoms with Gasteiger partial charge in [-0.1, -0.05) is 42.1 Å². The predicted octanol–water partition coefficient (Wildman–Crippen LogP) is 3.48. The number of sulfone groups is 1. The van der Waals surface area contributed by atoms with Gasteiger partial charge in [-0.2, -0.15) is 0 Å². The lowest BCUT2D eigenvalue weighted by molar-refractivity contribution is -0.130. The smallest absolute Gasteiger partial charge is 0.235 e. The lowest BCUT2D eigenvalue weighted by Gasteiger charge is -2.26. The molecule has 1 fully saturated rings. The van der Waals surface area contributed by atoms with Gasteiger partial charge >= 0.3 is 0 Å². The van der Waals surface area contributed by atoms with Gasteiger partial charge in [0.15, 0.2) is 9.84 Å². The number of carbonyl (C=O) groups excluding carboxylic acids is 1. The minimum atomic E-state index is -3.03. The number of aromatic nitrogens is 2. The van der Waals surface area contributed by atoms with Crippen LogP contribution in [0.15, 0.2) is 47.8 Å². The number of amides is 1. The van der Waals surface area contributed by atoms with Crippen molar-refractivity contribution in [2.45, 2.75) is 29.7 Å². The standard InChI is InChI=1S/C20H21N3O3S3/c1-13(20(24)23(2)15-8-9-29(25,26)11-15)27-18-16-10-17(14-6-4-3-5-7-14)28-19(16)22-12-21-18/h3-7,10,12-13,15H,8-9,11H2,1-2H3. The fourth-order valence-electron chi connectivity index (χ4n) is 3.44. The van der Waals surface area contributed by atoms with E-state index in [2.05, 4.69) is 28.2 Å². The highest BCUT2D eigenvalue weighted by atomic mass is 32.2. The molecule has 1 aliphatic heterocycles. The quantitative estimate of drug-likeness (QED) is 0.440. The van der Waals surface area contributed by atoms with Crippen LogP contribution in [0.5, 0.6) is 0 Å². The lowest BCUT2D eigenvalue weighted by atomic mass is 10.2. The molecule has 1 saturated heterocycles. The molecule has 2 atom stereocenters. The predicted molar refractivity (Wildman–Crippen MR) is 118 cm³/mol. The largest absolute Gasteiger partial charge is 0.341 e. The fraction of sp³-hybridized carbons (Fsp3) is 0.350. The van der Waals surface area contributed by atoms with E-state index in [1.165, 1.54) is 18.1 Å². The van der Waals surface area contributed by atoms with Crippen LogP contribution >= 0.6 is 23.1 Å². The molecule has 4 rings (SSSR count). The zero-order chi connectivity index (χ0) is 20.6. The van der Waals surface area contributed by atoms with E-state index < -0.39 is 9.84 Å². The number of nitrogens with zero attached hydrogens (tertiary/aromatic N) is 3. The van der Waals surface area contributed by atoms with Gasteiger partial charge < -0.3 is 4.90 Å². The Morgan fingerprint density at radius 1 is 1.28 bits per heavy atom. The number of hydrogen-bond donors (Lipinski definition) is 0. The van der Waals surface area contributed by atoms with Crippen molar-refractivity contribution < 1.29 is 13.2 Å². The van der Waals surface area contributed by atoms with Crippen LogP contribution in [0.25, 0.3) is 20.7 Å². The second kappa shape index (κ2) is 8.04. The van der Waals surface area contributed by atoms with Crippen LogP contribution in [0.2, 0.25) is 0 Å². The van der Waals surface area contributed by atoms with E-state index in [1.807, 2.05) is 25.1 Å². The van der Waals surface area contributed by atoms with Crippen LogP contribution in [0.3, 0.4) is 0 Å². The molecule has 3 heterocycles. The van der Waals surface area contributed by atoms with E-state index in [0.29, 0.717) is 6.42 Å². The molecule has 0 bridgehead atoms. The molecule has 9 heteroatoms. The van der Waals surface area contributed by atoms with Gasteiger partial charge in [-0.15, -0.1) is 11.3 Å². The Kier molecular flexibility index (Phi) is 5.63. The molecule has 0 N–H and O–H groups in total. The highest BCUT2D eigenvalue weighted by Gasteiger charge is 2.34. The number of fused-ring (bicyclic) bond motifs is 1. The van der Waals surface area contributed by atoms with Crippen molar-refractivity contribution in [1.29, 1.82) is 0 Å². The van der Waals surface area contributed by atoms with Crippen LogP contribution in [0.1, 0.15) is 13.3 Å². The third-order valence-corrected chi connectivity index (χ3v) is 9.04. The first kappa shape index (κ1) is 20.3. The number of rotatable bonds is 5. The third kappa shape index (κ3) is 4.31. The molecule has 6 nitrogen and oxygen atoms in total. The van der Waals surface area contributed by atoms with E-state index in [0.717, 1.165) is 25.7 Å². The van der Waals surface area contributed by atoms with Crippen LogP contribution in [-0.2, 0) is 14.6 Å². The maximum absolute atomic E-state index is 12.9. The maximum Gasteiger partial charge on any atom is 0.235 e. The summed E-state index contributed by atoms with van der Waals surface area (Å²) in [5.74, 6) is 0.123. The van der Waals surface area contributed by atoms with Crippen LogP contribution in [0, 0.1) is 0 Å². The fourth-order valence-corrected chi connectivity index (χ4v) is 7.27. The first-order valence-electron chi connectivity index (χ1n) is 9.28. The molecular weight excluding hydrogens is 426 g/mol. The average Bonchev–Trinajstić information content (AvgIpc) is 3.31. The Morgan fingerprint density at radius 2 is 2.03 bits per heavy atom. The Bertz CT molecular complexity index is 1150. The molecule has 1 aliphatic rings. The van der Waals surface area contributed by atoms with Crippen molar-refractivity contribution in [2.24, 2.45) is 0 Å². The van der Waals surface area contributed by atoms with Crippen molar-refractivity contribution in [3.63, 3.8) is 0 Å². The summed E-state index contributed by atoms with van der Waals surface area (Å²) < 4.78 is 23.5. The number of thioether (sulfide) groups is 1. The van der Waals surface area contributed by atoms with Gasteiger partial charge in [0.2, 0.25) is 5.91 Å². The number of thiophene rings is 1. The highest BCUT2D eigenvalue weighted by molar-refractivity contribution is 8.00. The Labute approximate surface area is 178 Å². The van der Waals surface area contributed by atoms with E-state index >= 15 is 0 Å². The normalized spacial score (nSPS) is 19.3. The summed E-state index contributed by atoms with van der Waals surface area (Å²) in [7, 11) is -1.34. The molecule has 2 unspecified atom stereocenters. The Balaban J connectivity index is 1.54. The molecule has 1 amide bonds. The number of benzene rings is 1. The zero-order valence-corrected chi connectivity index (χ0v) is 18.6. The van der Waals surface area contributed by atoms with Gasteiger partial charge in [-0.3, -0.25) is 4.79 Å². The third-order valence-electron chi connectivity index (χ3n) is 5.09. The Morgan fingerprint density at radius 3 is 2.72 bits per heavy atom. The molecular formula is C20H21N3O3S3. The first-order chi connectivity index (χ1) is 13.8. The summed E-state index contributed by atoms with van der Waals surface area (Å²) in [6.07, 6.45) is 2.03. The van der Waals surface area contributed by atoms with E-state index in [9.17, 15) is 13.2 Å². The van der Waals surface area contributed by atoms with Gasteiger partial charge in [0.05, 0.1) is 16.8 Å². The van der Waals surface area contributed by atoms with Gasteiger partial charge in [0.1, 0.15) is 16.2 Å². The second-order valence-electron chi connectivity index (χ2n) is 7.14. The second-order valence-corrected chi connectivity index (χ2v) is 11.7. The minimum absolute atomic E-state index is 0.0509. The molecule has 1 aromatic carbocycles. The van der Waals surface area contributed by atoms with Gasteiger partial charge in [0.25, 0.3) is 0 Å². The molecule has 3 aromatic rings. The molecule has 0 radical (unpaired) electrons. The van der Waals surface area contributed by atoms with Crippen molar-refractivity contribution in [2.75, 3.05) is 18.6 Å². The monoisotopic (exact) mass is 447 g/mol. The first-order valence-corrected chi connectivity index (χ1v) is 12.8. The molecule has 2 aromatic heterocycles. The van der Waals surface area contributed by atoms with Crippen molar-refractivity contribution >= 4 is 49.1 Å². The lowest BCUT2D eigenvalue weighted by Crippen LogP contribution is -2.41.